The number of benzene rings is 1. The largest absolute Gasteiger partial charge is 0.497 e. The molecule has 0 bridgehead atoms. The fourth-order valence-electron chi connectivity index (χ4n) is 3.05. The van der Waals surface area contributed by atoms with Gasteiger partial charge in [-0.25, -0.2) is 4.79 Å². The fourth-order valence-corrected chi connectivity index (χ4v) is 3.05. The monoisotopic (exact) mass is 354 g/mol. The summed E-state index contributed by atoms with van der Waals surface area (Å²) < 4.78 is 5.15. The van der Waals surface area contributed by atoms with Gasteiger partial charge in [0.1, 0.15) is 5.75 Å². The molecule has 26 heavy (non-hydrogen) atoms. The van der Waals surface area contributed by atoms with E-state index >= 15 is 0 Å². The maximum Gasteiger partial charge on any atom is 0.317 e. The molecule has 1 aromatic heterocycles. The summed E-state index contributed by atoms with van der Waals surface area (Å²) in [6.45, 7) is 4.74. The van der Waals surface area contributed by atoms with Gasteiger partial charge in [0.25, 0.3) is 0 Å². The molecular formula is C20H26N4O2. The number of carbonyl (C=O) groups excluding carboxylic acids is 1. The minimum absolute atomic E-state index is 0.0241. The van der Waals surface area contributed by atoms with E-state index in [1.54, 1.807) is 7.11 Å². The van der Waals surface area contributed by atoms with Crippen LogP contribution in [-0.4, -0.2) is 60.6 Å². The van der Waals surface area contributed by atoms with Crippen molar-refractivity contribution in [1.82, 2.24) is 20.1 Å². The smallest absolute Gasteiger partial charge is 0.317 e. The Bertz CT molecular complexity index is 683. The molecule has 1 saturated heterocycles. The summed E-state index contributed by atoms with van der Waals surface area (Å²) in [6.07, 6.45) is 2.64. The van der Waals surface area contributed by atoms with Gasteiger partial charge in [-0.05, 0) is 36.2 Å². The lowest BCUT2D eigenvalue weighted by Crippen LogP contribution is -2.51. The highest BCUT2D eigenvalue weighted by Crippen LogP contribution is 2.11. The van der Waals surface area contributed by atoms with Crippen LogP contribution in [0.4, 0.5) is 4.79 Å². The molecule has 6 nitrogen and oxygen atoms in total. The van der Waals surface area contributed by atoms with Crippen molar-refractivity contribution in [3.8, 4) is 5.75 Å². The van der Waals surface area contributed by atoms with E-state index in [1.165, 1.54) is 5.56 Å². The maximum atomic E-state index is 12.3. The predicted octanol–water partition coefficient (Wildman–Crippen LogP) is 2.16. The van der Waals surface area contributed by atoms with Crippen LogP contribution >= 0.6 is 0 Å². The van der Waals surface area contributed by atoms with E-state index in [0.29, 0.717) is 6.54 Å². The van der Waals surface area contributed by atoms with Crippen LogP contribution in [0.5, 0.6) is 5.75 Å². The van der Waals surface area contributed by atoms with Crippen LogP contribution in [0.3, 0.4) is 0 Å². The summed E-state index contributed by atoms with van der Waals surface area (Å²) in [4.78, 5) is 20.9. The van der Waals surface area contributed by atoms with E-state index in [1.807, 2.05) is 53.6 Å². The number of nitrogens with zero attached hydrogens (tertiary/aromatic N) is 3. The summed E-state index contributed by atoms with van der Waals surface area (Å²) in [7, 11) is 1.66. The quantitative estimate of drug-likeness (QED) is 0.864. The molecule has 0 spiro atoms. The molecule has 0 unspecified atom stereocenters. The molecule has 1 aliphatic heterocycles. The number of carbonyl (C=O) groups is 1. The summed E-state index contributed by atoms with van der Waals surface area (Å²) in [5, 5.41) is 3.02. The van der Waals surface area contributed by atoms with Crippen molar-refractivity contribution in [3.63, 3.8) is 0 Å². The number of hydrogen-bond acceptors (Lipinski definition) is 4. The summed E-state index contributed by atoms with van der Waals surface area (Å²) in [5.41, 5.74) is 2.26. The van der Waals surface area contributed by atoms with Crippen molar-refractivity contribution in [1.29, 1.82) is 0 Å². The topological polar surface area (TPSA) is 57.7 Å². The molecule has 1 fully saturated rings. The Morgan fingerprint density at radius 3 is 2.54 bits per heavy atom. The van der Waals surface area contributed by atoms with Gasteiger partial charge in [-0.3, -0.25) is 9.88 Å². The number of ether oxygens (including phenoxy) is 1. The molecule has 3 rings (SSSR count). The average molecular weight is 354 g/mol. The van der Waals surface area contributed by atoms with E-state index in [9.17, 15) is 4.79 Å². The third-order valence-corrected chi connectivity index (χ3v) is 4.62. The number of amides is 2. The Morgan fingerprint density at radius 2 is 1.88 bits per heavy atom. The van der Waals surface area contributed by atoms with Gasteiger partial charge in [0.05, 0.1) is 12.8 Å². The third-order valence-electron chi connectivity index (χ3n) is 4.62. The number of rotatable bonds is 6. The van der Waals surface area contributed by atoms with E-state index in [0.717, 1.165) is 50.6 Å². The second-order valence-corrected chi connectivity index (χ2v) is 6.41. The molecule has 2 amide bonds. The van der Waals surface area contributed by atoms with Crippen LogP contribution in [0, 0.1) is 0 Å². The first kappa shape index (κ1) is 18.2. The van der Waals surface area contributed by atoms with Gasteiger partial charge in [0, 0.05) is 45.5 Å². The maximum absolute atomic E-state index is 12.3. The van der Waals surface area contributed by atoms with Crippen LogP contribution in [0.1, 0.15) is 11.3 Å². The number of nitrogens with one attached hydrogen (secondary N) is 1. The molecule has 2 heterocycles. The minimum Gasteiger partial charge on any atom is -0.497 e. The zero-order chi connectivity index (χ0) is 18.2. The first-order chi connectivity index (χ1) is 12.7. The number of urea groups is 1. The molecule has 2 aromatic rings. The highest BCUT2D eigenvalue weighted by molar-refractivity contribution is 5.74. The summed E-state index contributed by atoms with van der Waals surface area (Å²) in [5.74, 6) is 0.848. The minimum atomic E-state index is 0.0241. The Labute approximate surface area is 154 Å². The average Bonchev–Trinajstić information content (AvgIpc) is 2.70. The first-order valence-corrected chi connectivity index (χ1v) is 9.02. The van der Waals surface area contributed by atoms with Crippen molar-refractivity contribution < 1.29 is 9.53 Å². The molecule has 1 aromatic carbocycles. The molecule has 138 valence electrons. The Hall–Kier alpha value is -2.60. The normalized spacial score (nSPS) is 14.9. The van der Waals surface area contributed by atoms with Gasteiger partial charge in [-0.2, -0.15) is 0 Å². The van der Waals surface area contributed by atoms with Crippen LogP contribution in [0.25, 0.3) is 0 Å². The summed E-state index contributed by atoms with van der Waals surface area (Å²) in [6, 6.07) is 13.9. The van der Waals surface area contributed by atoms with Crippen molar-refractivity contribution in [2.45, 2.75) is 13.0 Å². The van der Waals surface area contributed by atoms with Crippen LogP contribution in [-0.2, 0) is 13.0 Å². The van der Waals surface area contributed by atoms with Crippen LogP contribution in [0.2, 0.25) is 0 Å². The second kappa shape index (κ2) is 9.20. The predicted molar refractivity (Wildman–Crippen MR) is 101 cm³/mol. The molecule has 0 saturated carbocycles. The second-order valence-electron chi connectivity index (χ2n) is 6.41. The Balaban J connectivity index is 1.36. The van der Waals surface area contributed by atoms with Crippen molar-refractivity contribution in [3.05, 3.63) is 59.9 Å². The van der Waals surface area contributed by atoms with E-state index in [4.69, 9.17) is 4.74 Å². The highest BCUT2D eigenvalue weighted by Gasteiger charge is 2.20. The van der Waals surface area contributed by atoms with E-state index in [2.05, 4.69) is 15.2 Å². The van der Waals surface area contributed by atoms with Crippen molar-refractivity contribution >= 4 is 6.03 Å². The lowest BCUT2D eigenvalue weighted by molar-refractivity contribution is 0.134. The SMILES string of the molecule is COc1ccc(CCNC(=O)N2CCN(Cc3ccccn3)CC2)cc1. The van der Waals surface area contributed by atoms with Gasteiger partial charge >= 0.3 is 6.03 Å². The third kappa shape index (κ3) is 5.20. The molecule has 0 atom stereocenters. The van der Waals surface area contributed by atoms with Crippen LogP contribution in [0.15, 0.2) is 48.7 Å². The number of piperazine rings is 1. The van der Waals surface area contributed by atoms with Gasteiger partial charge in [-0.15, -0.1) is 0 Å². The van der Waals surface area contributed by atoms with Crippen molar-refractivity contribution in [2.24, 2.45) is 0 Å². The lowest BCUT2D eigenvalue weighted by atomic mass is 10.1. The van der Waals surface area contributed by atoms with Gasteiger partial charge < -0.3 is 15.0 Å². The Kier molecular flexibility index (Phi) is 6.44. The fraction of sp³-hybridized carbons (Fsp3) is 0.400. The number of methoxy groups -OCH3 is 1. The van der Waals surface area contributed by atoms with E-state index in [-0.39, 0.29) is 6.03 Å². The number of aromatic nitrogens is 1. The van der Waals surface area contributed by atoms with Gasteiger partial charge in [-0.1, -0.05) is 18.2 Å². The van der Waals surface area contributed by atoms with Gasteiger partial charge in [0.15, 0.2) is 0 Å². The van der Waals surface area contributed by atoms with Crippen molar-refractivity contribution in [2.75, 3.05) is 39.8 Å². The first-order valence-electron chi connectivity index (χ1n) is 9.02. The van der Waals surface area contributed by atoms with E-state index < -0.39 is 0 Å². The summed E-state index contributed by atoms with van der Waals surface area (Å²) >= 11 is 0. The molecular weight excluding hydrogens is 328 g/mol. The molecule has 6 heteroatoms. The molecule has 0 radical (unpaired) electrons. The highest BCUT2D eigenvalue weighted by atomic mass is 16.5. The Morgan fingerprint density at radius 1 is 1.12 bits per heavy atom. The zero-order valence-corrected chi connectivity index (χ0v) is 15.2. The zero-order valence-electron chi connectivity index (χ0n) is 15.2. The number of pyridine rings is 1. The molecule has 1 N–H and O–H groups in total. The molecule has 1 aliphatic rings. The lowest BCUT2D eigenvalue weighted by Gasteiger charge is -2.34. The van der Waals surface area contributed by atoms with Gasteiger partial charge in [0.2, 0.25) is 0 Å². The van der Waals surface area contributed by atoms with Crippen LogP contribution < -0.4 is 10.1 Å². The molecule has 0 aliphatic carbocycles. The standard InChI is InChI=1S/C20H26N4O2/c1-26-19-7-5-17(6-8-19)9-11-22-20(25)24-14-12-23(13-15-24)16-18-4-2-3-10-21-18/h2-8,10H,9,11-16H2,1H3,(H,22,25). The number of hydrogen-bond donors (Lipinski definition) is 1.